The third-order valence-electron chi connectivity index (χ3n) is 2.42. The van der Waals surface area contributed by atoms with Crippen LogP contribution in [0.25, 0.3) is 12.2 Å². The maximum atomic E-state index is 12.7. The number of halogens is 2. The standard InChI is InChI=1S/C16H12F2S/c17-15-5-1-13(2-6-15)9-11-19-12-10-14-3-7-16(18)8-4-14/h1-12H. The average molecular weight is 274 g/mol. The lowest BCUT2D eigenvalue weighted by atomic mass is 10.2. The van der Waals surface area contributed by atoms with Crippen LogP contribution < -0.4 is 0 Å². The van der Waals surface area contributed by atoms with Gasteiger partial charge in [0.2, 0.25) is 0 Å². The highest BCUT2D eigenvalue weighted by Crippen LogP contribution is 2.13. The lowest BCUT2D eigenvalue weighted by molar-refractivity contribution is 0.627. The molecule has 2 aromatic carbocycles. The third-order valence-corrected chi connectivity index (χ3v) is 3.00. The molecule has 0 aliphatic rings. The van der Waals surface area contributed by atoms with Gasteiger partial charge in [-0.05, 0) is 58.4 Å². The van der Waals surface area contributed by atoms with Crippen molar-refractivity contribution in [2.45, 2.75) is 0 Å². The molecule has 0 aliphatic heterocycles. The predicted octanol–water partition coefficient (Wildman–Crippen LogP) is 5.34. The molecule has 0 atom stereocenters. The molecule has 19 heavy (non-hydrogen) atoms. The summed E-state index contributed by atoms with van der Waals surface area (Å²) in [6, 6.07) is 12.6. The van der Waals surface area contributed by atoms with Gasteiger partial charge in [0.1, 0.15) is 11.6 Å². The van der Waals surface area contributed by atoms with Crippen molar-refractivity contribution >= 4 is 23.9 Å². The molecule has 0 nitrogen and oxygen atoms in total. The Hall–Kier alpha value is -1.87. The van der Waals surface area contributed by atoms with Gasteiger partial charge in [-0.25, -0.2) is 8.78 Å². The average Bonchev–Trinajstić information content (AvgIpc) is 2.43. The van der Waals surface area contributed by atoms with Crippen molar-refractivity contribution in [3.8, 4) is 0 Å². The van der Waals surface area contributed by atoms with E-state index in [0.29, 0.717) is 0 Å². The van der Waals surface area contributed by atoms with Crippen LogP contribution in [0.3, 0.4) is 0 Å². The smallest absolute Gasteiger partial charge is 0.123 e. The molecule has 2 rings (SSSR count). The summed E-state index contributed by atoms with van der Waals surface area (Å²) in [6.07, 6.45) is 3.80. The molecular weight excluding hydrogens is 262 g/mol. The maximum Gasteiger partial charge on any atom is 0.123 e. The van der Waals surface area contributed by atoms with Crippen LogP contribution in [-0.4, -0.2) is 0 Å². The van der Waals surface area contributed by atoms with Gasteiger partial charge in [0.25, 0.3) is 0 Å². The molecule has 0 amide bonds. The van der Waals surface area contributed by atoms with Gasteiger partial charge in [-0.1, -0.05) is 24.3 Å². The Balaban J connectivity index is 1.86. The first-order valence-electron chi connectivity index (χ1n) is 5.74. The summed E-state index contributed by atoms with van der Waals surface area (Å²) in [4.78, 5) is 0. The van der Waals surface area contributed by atoms with Gasteiger partial charge in [-0.15, -0.1) is 11.8 Å². The maximum absolute atomic E-state index is 12.7. The second kappa shape index (κ2) is 6.90. The molecule has 0 heterocycles. The van der Waals surface area contributed by atoms with Crippen molar-refractivity contribution in [3.05, 3.63) is 82.1 Å². The molecule has 0 fully saturated rings. The topological polar surface area (TPSA) is 0 Å². The van der Waals surface area contributed by atoms with E-state index in [4.69, 9.17) is 0 Å². The summed E-state index contributed by atoms with van der Waals surface area (Å²) in [6.45, 7) is 0. The molecule has 0 saturated carbocycles. The predicted molar refractivity (Wildman–Crippen MR) is 78.5 cm³/mol. The molecule has 96 valence electrons. The zero-order chi connectivity index (χ0) is 13.5. The normalized spacial score (nSPS) is 11.5. The summed E-state index contributed by atoms with van der Waals surface area (Å²) in [7, 11) is 0. The molecule has 0 N–H and O–H groups in total. The molecule has 0 radical (unpaired) electrons. The molecule has 0 aliphatic carbocycles. The van der Waals surface area contributed by atoms with Crippen molar-refractivity contribution in [1.29, 1.82) is 0 Å². The van der Waals surface area contributed by atoms with E-state index in [1.165, 1.54) is 36.0 Å². The highest BCUT2D eigenvalue weighted by molar-refractivity contribution is 8.05. The zero-order valence-electron chi connectivity index (χ0n) is 10.1. The van der Waals surface area contributed by atoms with Crippen LogP contribution in [0.2, 0.25) is 0 Å². The van der Waals surface area contributed by atoms with Crippen LogP contribution in [0.5, 0.6) is 0 Å². The number of thioether (sulfide) groups is 1. The van der Waals surface area contributed by atoms with E-state index in [1.54, 1.807) is 24.3 Å². The lowest BCUT2D eigenvalue weighted by Crippen LogP contribution is -1.73. The van der Waals surface area contributed by atoms with Crippen LogP contribution in [0.4, 0.5) is 8.78 Å². The van der Waals surface area contributed by atoms with Gasteiger partial charge in [0.15, 0.2) is 0 Å². The number of rotatable bonds is 4. The number of hydrogen-bond acceptors (Lipinski definition) is 1. The minimum atomic E-state index is -0.235. The van der Waals surface area contributed by atoms with Gasteiger partial charge in [0, 0.05) is 0 Å². The van der Waals surface area contributed by atoms with Crippen LogP contribution in [0, 0.1) is 11.6 Å². The molecule has 0 bridgehead atoms. The van der Waals surface area contributed by atoms with Gasteiger partial charge in [0.05, 0.1) is 0 Å². The first-order valence-corrected chi connectivity index (χ1v) is 6.68. The van der Waals surface area contributed by atoms with Crippen molar-refractivity contribution in [2.75, 3.05) is 0 Å². The van der Waals surface area contributed by atoms with Crippen LogP contribution in [0.1, 0.15) is 11.1 Å². The summed E-state index contributed by atoms with van der Waals surface area (Å²) in [5.74, 6) is -0.470. The second-order valence-corrected chi connectivity index (χ2v) is 4.66. The van der Waals surface area contributed by atoms with Gasteiger partial charge < -0.3 is 0 Å². The molecule has 3 heteroatoms. The van der Waals surface area contributed by atoms with Gasteiger partial charge >= 0.3 is 0 Å². The van der Waals surface area contributed by atoms with Gasteiger partial charge in [-0.2, -0.15) is 0 Å². The lowest BCUT2D eigenvalue weighted by Gasteiger charge is -1.93. The SMILES string of the molecule is Fc1ccc(C=CSC=Cc2ccc(F)cc2)cc1. The van der Waals surface area contributed by atoms with Crippen molar-refractivity contribution < 1.29 is 8.78 Å². The van der Waals surface area contributed by atoms with E-state index in [1.807, 2.05) is 23.0 Å². The van der Waals surface area contributed by atoms with E-state index in [0.717, 1.165) is 11.1 Å². The quantitative estimate of drug-likeness (QED) is 0.725. The third kappa shape index (κ3) is 4.72. The van der Waals surface area contributed by atoms with Gasteiger partial charge in [-0.3, -0.25) is 0 Å². The Bertz CT molecular complexity index is 515. The highest BCUT2D eigenvalue weighted by atomic mass is 32.2. The summed E-state index contributed by atoms with van der Waals surface area (Å²) in [5, 5.41) is 3.82. The van der Waals surface area contributed by atoms with Crippen LogP contribution in [0.15, 0.2) is 59.3 Å². The summed E-state index contributed by atoms with van der Waals surface area (Å²) < 4.78 is 25.4. The summed E-state index contributed by atoms with van der Waals surface area (Å²) in [5.41, 5.74) is 1.90. The Labute approximate surface area is 115 Å². The first kappa shape index (κ1) is 13.6. The summed E-state index contributed by atoms with van der Waals surface area (Å²) >= 11 is 1.50. The van der Waals surface area contributed by atoms with Crippen LogP contribution in [-0.2, 0) is 0 Å². The van der Waals surface area contributed by atoms with E-state index in [9.17, 15) is 8.78 Å². The fraction of sp³-hybridized carbons (Fsp3) is 0. The molecule has 2 aromatic rings. The minimum Gasteiger partial charge on any atom is -0.207 e. The molecule has 0 spiro atoms. The molecule has 0 saturated heterocycles. The monoisotopic (exact) mass is 274 g/mol. The van der Waals surface area contributed by atoms with E-state index >= 15 is 0 Å². The zero-order valence-corrected chi connectivity index (χ0v) is 10.9. The Kier molecular flexibility index (Phi) is 4.93. The molecule has 0 aromatic heterocycles. The van der Waals surface area contributed by atoms with E-state index in [-0.39, 0.29) is 11.6 Å². The second-order valence-electron chi connectivity index (χ2n) is 3.84. The number of benzene rings is 2. The Morgan fingerprint density at radius 3 is 1.37 bits per heavy atom. The van der Waals surface area contributed by atoms with E-state index in [2.05, 4.69) is 0 Å². The highest BCUT2D eigenvalue weighted by Gasteiger charge is 1.89. The fourth-order valence-corrected chi connectivity index (χ4v) is 1.99. The largest absolute Gasteiger partial charge is 0.207 e. The molecular formula is C16H12F2S. The Morgan fingerprint density at radius 2 is 1.00 bits per heavy atom. The first-order chi connectivity index (χ1) is 9.24. The fourth-order valence-electron chi connectivity index (χ4n) is 1.43. The number of hydrogen-bond donors (Lipinski definition) is 0. The molecule has 0 unspecified atom stereocenters. The minimum absolute atomic E-state index is 0.235. The van der Waals surface area contributed by atoms with Crippen molar-refractivity contribution in [1.82, 2.24) is 0 Å². The van der Waals surface area contributed by atoms with E-state index < -0.39 is 0 Å². The Morgan fingerprint density at radius 1 is 0.632 bits per heavy atom. The van der Waals surface area contributed by atoms with Crippen molar-refractivity contribution in [2.24, 2.45) is 0 Å². The van der Waals surface area contributed by atoms with Crippen molar-refractivity contribution in [3.63, 3.8) is 0 Å². The van der Waals surface area contributed by atoms with Crippen LogP contribution >= 0.6 is 11.8 Å².